The first kappa shape index (κ1) is 21.5. The second-order valence-corrected chi connectivity index (χ2v) is 7.71. The Kier molecular flexibility index (Phi) is 7.44. The van der Waals surface area contributed by atoms with Gasteiger partial charge in [-0.15, -0.1) is 0 Å². The second-order valence-electron chi connectivity index (χ2n) is 6.45. The summed E-state index contributed by atoms with van der Waals surface area (Å²) in [6.07, 6.45) is 2.09. The molecule has 1 saturated heterocycles. The van der Waals surface area contributed by atoms with Gasteiger partial charge in [-0.05, 0) is 67.5 Å². The fourth-order valence-corrected chi connectivity index (χ4v) is 3.53. The molecule has 1 heterocycles. The van der Waals surface area contributed by atoms with E-state index < -0.39 is 5.91 Å². The van der Waals surface area contributed by atoms with E-state index in [9.17, 15) is 9.59 Å². The highest BCUT2D eigenvalue weighted by Gasteiger charge is 2.17. The number of anilines is 1. The van der Waals surface area contributed by atoms with Gasteiger partial charge in [-0.2, -0.15) is 0 Å². The summed E-state index contributed by atoms with van der Waals surface area (Å²) in [5.41, 5.74) is 1.42. The summed E-state index contributed by atoms with van der Waals surface area (Å²) in [4.78, 5) is 24.5. The van der Waals surface area contributed by atoms with E-state index in [1.54, 1.807) is 30.3 Å². The average Bonchev–Trinajstić information content (AvgIpc) is 3.20. The molecular formula is C20H19Cl2N3O3S. The van der Waals surface area contributed by atoms with Crippen LogP contribution in [-0.4, -0.2) is 36.2 Å². The SMILES string of the molecule is O=C(NCC1CCCO1)c1ccc(NC(=S)NC(=O)c2ccc(Cl)cc2Cl)cc1. The van der Waals surface area contributed by atoms with Gasteiger partial charge in [0.05, 0.1) is 16.7 Å². The molecule has 2 amide bonds. The predicted molar refractivity (Wildman–Crippen MR) is 118 cm³/mol. The maximum atomic E-state index is 12.3. The Morgan fingerprint density at radius 3 is 2.52 bits per heavy atom. The van der Waals surface area contributed by atoms with E-state index >= 15 is 0 Å². The van der Waals surface area contributed by atoms with Gasteiger partial charge in [-0.1, -0.05) is 23.2 Å². The number of rotatable bonds is 5. The van der Waals surface area contributed by atoms with Crippen LogP contribution in [0.3, 0.4) is 0 Å². The molecule has 1 aliphatic rings. The van der Waals surface area contributed by atoms with Crippen molar-refractivity contribution >= 4 is 58.0 Å². The number of hydrogen-bond acceptors (Lipinski definition) is 4. The number of halogens is 2. The highest BCUT2D eigenvalue weighted by atomic mass is 35.5. The zero-order valence-electron chi connectivity index (χ0n) is 15.3. The molecule has 0 aromatic heterocycles. The van der Waals surface area contributed by atoms with Gasteiger partial charge in [-0.25, -0.2) is 0 Å². The number of amides is 2. The molecule has 1 fully saturated rings. The minimum atomic E-state index is -0.450. The van der Waals surface area contributed by atoms with Gasteiger partial charge in [0.25, 0.3) is 11.8 Å². The summed E-state index contributed by atoms with van der Waals surface area (Å²) in [6.45, 7) is 1.25. The van der Waals surface area contributed by atoms with Crippen LogP contribution in [0.15, 0.2) is 42.5 Å². The maximum Gasteiger partial charge on any atom is 0.258 e. The van der Waals surface area contributed by atoms with Crippen LogP contribution < -0.4 is 16.0 Å². The molecule has 0 bridgehead atoms. The number of carbonyl (C=O) groups is 2. The van der Waals surface area contributed by atoms with Crippen molar-refractivity contribution in [2.75, 3.05) is 18.5 Å². The van der Waals surface area contributed by atoms with E-state index in [1.165, 1.54) is 12.1 Å². The van der Waals surface area contributed by atoms with E-state index in [1.807, 2.05) is 0 Å². The Morgan fingerprint density at radius 2 is 1.86 bits per heavy atom. The number of carbonyl (C=O) groups excluding carboxylic acids is 2. The highest BCUT2D eigenvalue weighted by Crippen LogP contribution is 2.21. The third-order valence-corrected chi connectivity index (χ3v) is 5.07. The summed E-state index contributed by atoms with van der Waals surface area (Å²) < 4.78 is 5.49. The van der Waals surface area contributed by atoms with Crippen LogP contribution in [0.1, 0.15) is 33.6 Å². The van der Waals surface area contributed by atoms with Crippen molar-refractivity contribution in [3.63, 3.8) is 0 Å². The molecule has 2 aromatic rings. The quantitative estimate of drug-likeness (QED) is 0.598. The summed E-state index contributed by atoms with van der Waals surface area (Å²) in [5.74, 6) is -0.616. The minimum absolute atomic E-state index is 0.0926. The molecule has 0 spiro atoms. The zero-order chi connectivity index (χ0) is 20.8. The predicted octanol–water partition coefficient (Wildman–Crippen LogP) is 4.03. The van der Waals surface area contributed by atoms with Crippen LogP contribution in [-0.2, 0) is 4.74 Å². The second kappa shape index (κ2) is 10.0. The van der Waals surface area contributed by atoms with Crippen LogP contribution in [0.25, 0.3) is 0 Å². The standard InChI is InChI=1S/C20H19Cl2N3O3S/c21-13-5-8-16(17(22)10-13)19(27)25-20(29)24-14-6-3-12(4-7-14)18(26)23-11-15-2-1-9-28-15/h3-8,10,15H,1-2,9,11H2,(H,23,26)(H2,24,25,27,29). The van der Waals surface area contributed by atoms with E-state index in [0.29, 0.717) is 22.8 Å². The van der Waals surface area contributed by atoms with Crippen molar-refractivity contribution in [1.82, 2.24) is 10.6 Å². The number of ether oxygens (including phenoxy) is 1. The maximum absolute atomic E-state index is 12.3. The van der Waals surface area contributed by atoms with Crippen molar-refractivity contribution in [1.29, 1.82) is 0 Å². The topological polar surface area (TPSA) is 79.5 Å². The first-order chi connectivity index (χ1) is 13.9. The number of benzene rings is 2. The molecule has 0 saturated carbocycles. The molecule has 3 rings (SSSR count). The molecule has 152 valence electrons. The Morgan fingerprint density at radius 1 is 1.10 bits per heavy atom. The Hall–Kier alpha value is -2.19. The number of nitrogens with one attached hydrogen (secondary N) is 3. The van der Waals surface area contributed by atoms with Crippen molar-refractivity contribution in [2.45, 2.75) is 18.9 Å². The molecule has 9 heteroatoms. The van der Waals surface area contributed by atoms with Crippen LogP contribution in [0, 0.1) is 0 Å². The van der Waals surface area contributed by atoms with Gasteiger partial charge in [0, 0.05) is 29.4 Å². The van der Waals surface area contributed by atoms with Crippen molar-refractivity contribution in [3.8, 4) is 0 Å². The summed E-state index contributed by atoms with van der Waals surface area (Å²) >= 11 is 17.0. The lowest BCUT2D eigenvalue weighted by Gasteiger charge is -2.12. The molecule has 1 unspecified atom stereocenters. The third kappa shape index (κ3) is 6.14. The summed E-state index contributed by atoms with van der Waals surface area (Å²) in [6, 6.07) is 11.3. The van der Waals surface area contributed by atoms with E-state index in [0.717, 1.165) is 19.4 Å². The van der Waals surface area contributed by atoms with Gasteiger partial charge in [0.2, 0.25) is 0 Å². The smallest absolute Gasteiger partial charge is 0.258 e. The molecule has 1 atom stereocenters. The van der Waals surface area contributed by atoms with Crippen molar-refractivity contribution in [2.24, 2.45) is 0 Å². The van der Waals surface area contributed by atoms with Gasteiger partial charge in [-0.3, -0.25) is 14.9 Å². The van der Waals surface area contributed by atoms with Crippen LogP contribution in [0.5, 0.6) is 0 Å². The molecule has 0 aliphatic carbocycles. The lowest BCUT2D eigenvalue weighted by Crippen LogP contribution is -2.34. The van der Waals surface area contributed by atoms with Gasteiger partial charge in [0.1, 0.15) is 0 Å². The van der Waals surface area contributed by atoms with Gasteiger partial charge < -0.3 is 15.4 Å². The monoisotopic (exact) mass is 451 g/mol. The third-order valence-electron chi connectivity index (χ3n) is 4.32. The molecule has 6 nitrogen and oxygen atoms in total. The molecule has 2 aromatic carbocycles. The number of thiocarbonyl (C=S) groups is 1. The lowest BCUT2D eigenvalue weighted by atomic mass is 10.2. The van der Waals surface area contributed by atoms with Crippen LogP contribution in [0.2, 0.25) is 10.0 Å². The van der Waals surface area contributed by atoms with E-state index in [-0.39, 0.29) is 27.7 Å². The van der Waals surface area contributed by atoms with Crippen molar-refractivity contribution in [3.05, 3.63) is 63.6 Å². The fraction of sp³-hybridized carbons (Fsp3) is 0.250. The number of hydrogen-bond donors (Lipinski definition) is 3. The summed E-state index contributed by atoms with van der Waals surface area (Å²) in [7, 11) is 0. The zero-order valence-corrected chi connectivity index (χ0v) is 17.7. The minimum Gasteiger partial charge on any atom is -0.376 e. The first-order valence-corrected chi connectivity index (χ1v) is 10.2. The Labute approximate surface area is 183 Å². The van der Waals surface area contributed by atoms with Gasteiger partial charge in [0.15, 0.2) is 5.11 Å². The highest BCUT2D eigenvalue weighted by molar-refractivity contribution is 7.80. The molecular weight excluding hydrogens is 433 g/mol. The first-order valence-electron chi connectivity index (χ1n) is 8.99. The largest absolute Gasteiger partial charge is 0.376 e. The molecule has 0 radical (unpaired) electrons. The Balaban J connectivity index is 1.51. The lowest BCUT2D eigenvalue weighted by molar-refractivity contribution is 0.0857. The molecule has 3 N–H and O–H groups in total. The van der Waals surface area contributed by atoms with Crippen LogP contribution in [0.4, 0.5) is 5.69 Å². The van der Waals surface area contributed by atoms with E-state index in [4.69, 9.17) is 40.2 Å². The van der Waals surface area contributed by atoms with Gasteiger partial charge >= 0.3 is 0 Å². The summed E-state index contributed by atoms with van der Waals surface area (Å²) in [5, 5.41) is 9.09. The molecule has 1 aliphatic heterocycles. The molecule has 29 heavy (non-hydrogen) atoms. The normalized spacial score (nSPS) is 15.6. The van der Waals surface area contributed by atoms with Crippen LogP contribution >= 0.6 is 35.4 Å². The average molecular weight is 452 g/mol. The van der Waals surface area contributed by atoms with E-state index in [2.05, 4.69) is 16.0 Å². The fourth-order valence-electron chi connectivity index (χ4n) is 2.83. The van der Waals surface area contributed by atoms with Crippen molar-refractivity contribution < 1.29 is 14.3 Å². The Bertz CT molecular complexity index is 916.